The Morgan fingerprint density at radius 1 is 1.07 bits per heavy atom. The van der Waals surface area contributed by atoms with Gasteiger partial charge in [0.25, 0.3) is 0 Å². The molecular weight excluding hydrogens is 414 g/mol. The van der Waals surface area contributed by atoms with Crippen LogP contribution in [-0.2, 0) is 14.6 Å². The lowest BCUT2D eigenvalue weighted by Gasteiger charge is -2.24. The lowest BCUT2D eigenvalue weighted by atomic mass is 10.1. The van der Waals surface area contributed by atoms with E-state index < -0.39 is 45.5 Å². The summed E-state index contributed by atoms with van der Waals surface area (Å²) >= 11 is 0. The molecule has 10 heteroatoms. The number of methoxy groups -OCH3 is 1. The number of nitrogens with one attached hydrogen (secondary N) is 1. The second kappa shape index (κ2) is 8.81. The molecule has 2 aromatic rings. The number of hydrogen-bond acceptors (Lipinski definition) is 4. The highest BCUT2D eigenvalue weighted by molar-refractivity contribution is 7.91. The Morgan fingerprint density at radius 2 is 1.62 bits per heavy atom. The zero-order valence-corrected chi connectivity index (χ0v) is 16.4. The summed E-state index contributed by atoms with van der Waals surface area (Å²) in [4.78, 5) is 12.2. The van der Waals surface area contributed by atoms with Gasteiger partial charge in [-0.25, -0.2) is 12.8 Å². The third kappa shape index (κ3) is 5.93. The minimum Gasteiger partial charge on any atom is -0.497 e. The SMILES string of the molecule is COc1ccc(S(=O)(=O)CC(C)C(=O)NC(c2ccc(F)cc2)C(F)(F)F)cc1. The average molecular weight is 433 g/mol. The maximum atomic E-state index is 13.4. The number of alkyl halides is 3. The van der Waals surface area contributed by atoms with Gasteiger partial charge in [-0.1, -0.05) is 19.1 Å². The Bertz CT molecular complexity index is 942. The molecule has 0 spiro atoms. The van der Waals surface area contributed by atoms with Crippen molar-refractivity contribution >= 4 is 15.7 Å². The van der Waals surface area contributed by atoms with Crippen molar-refractivity contribution in [1.82, 2.24) is 5.32 Å². The highest BCUT2D eigenvalue weighted by Crippen LogP contribution is 2.33. The number of carbonyl (C=O) groups excluding carboxylic acids is 1. The van der Waals surface area contributed by atoms with Crippen LogP contribution in [0.3, 0.4) is 0 Å². The Labute approximate surface area is 165 Å². The lowest BCUT2D eigenvalue weighted by Crippen LogP contribution is -2.42. The molecule has 2 rings (SSSR count). The summed E-state index contributed by atoms with van der Waals surface area (Å²) < 4.78 is 82.9. The lowest BCUT2D eigenvalue weighted by molar-refractivity contribution is -0.164. The van der Waals surface area contributed by atoms with Crippen LogP contribution in [0.4, 0.5) is 17.6 Å². The molecule has 0 heterocycles. The van der Waals surface area contributed by atoms with E-state index in [1.165, 1.54) is 38.3 Å². The molecule has 1 N–H and O–H groups in total. The molecule has 2 atom stereocenters. The zero-order valence-electron chi connectivity index (χ0n) is 15.5. The van der Waals surface area contributed by atoms with Crippen LogP contribution in [0, 0.1) is 11.7 Å². The van der Waals surface area contributed by atoms with Gasteiger partial charge < -0.3 is 10.1 Å². The summed E-state index contributed by atoms with van der Waals surface area (Å²) in [5, 5.41) is 1.81. The van der Waals surface area contributed by atoms with Gasteiger partial charge in [-0.05, 0) is 42.0 Å². The number of ether oxygens (including phenoxy) is 1. The van der Waals surface area contributed by atoms with Gasteiger partial charge in [-0.2, -0.15) is 13.2 Å². The van der Waals surface area contributed by atoms with E-state index in [0.29, 0.717) is 5.75 Å². The fraction of sp³-hybridized carbons (Fsp3) is 0.316. The molecule has 158 valence electrons. The highest BCUT2D eigenvalue weighted by atomic mass is 32.2. The summed E-state index contributed by atoms with van der Waals surface area (Å²) in [5.74, 6) is -3.32. The predicted octanol–water partition coefficient (Wildman–Crippen LogP) is 3.66. The van der Waals surface area contributed by atoms with Crippen LogP contribution < -0.4 is 10.1 Å². The van der Waals surface area contributed by atoms with Crippen molar-refractivity contribution in [2.24, 2.45) is 5.92 Å². The summed E-state index contributed by atoms with van der Waals surface area (Å²) in [6.45, 7) is 1.22. The number of rotatable bonds is 7. The van der Waals surface area contributed by atoms with Gasteiger partial charge in [0.2, 0.25) is 5.91 Å². The molecule has 29 heavy (non-hydrogen) atoms. The first-order chi connectivity index (χ1) is 13.4. The molecule has 0 aliphatic heterocycles. The Hall–Kier alpha value is -2.62. The standard InChI is InChI=1S/C19H19F4NO4S/c1-12(11-29(26,27)16-9-7-15(28-2)8-10-16)18(25)24-17(19(21,22)23)13-3-5-14(20)6-4-13/h3-10,12,17H,11H2,1-2H3,(H,24,25). The third-order valence-corrected chi connectivity index (χ3v) is 6.08. The van der Waals surface area contributed by atoms with Crippen LogP contribution in [0.5, 0.6) is 5.75 Å². The molecule has 0 saturated heterocycles. The van der Waals surface area contributed by atoms with Crippen molar-refractivity contribution in [3.8, 4) is 5.75 Å². The van der Waals surface area contributed by atoms with Crippen molar-refractivity contribution in [1.29, 1.82) is 0 Å². The first-order valence-corrected chi connectivity index (χ1v) is 10.1. The van der Waals surface area contributed by atoms with Gasteiger partial charge in [-0.15, -0.1) is 0 Å². The van der Waals surface area contributed by atoms with E-state index in [1.54, 1.807) is 0 Å². The second-order valence-corrected chi connectivity index (χ2v) is 8.43. The van der Waals surface area contributed by atoms with Gasteiger partial charge in [0.1, 0.15) is 11.6 Å². The van der Waals surface area contributed by atoms with Gasteiger partial charge >= 0.3 is 6.18 Å². The number of benzene rings is 2. The zero-order chi connectivity index (χ0) is 21.8. The average Bonchev–Trinajstić information content (AvgIpc) is 2.65. The molecular formula is C19H19F4NO4S. The van der Waals surface area contributed by atoms with Crippen LogP contribution in [0.2, 0.25) is 0 Å². The Kier molecular flexibility index (Phi) is 6.89. The van der Waals surface area contributed by atoms with Crippen LogP contribution in [0.25, 0.3) is 0 Å². The predicted molar refractivity (Wildman–Crippen MR) is 97.5 cm³/mol. The molecule has 5 nitrogen and oxygen atoms in total. The number of sulfone groups is 1. The molecule has 0 saturated carbocycles. The topological polar surface area (TPSA) is 72.5 Å². The molecule has 0 aromatic heterocycles. The maximum Gasteiger partial charge on any atom is 0.412 e. The number of halogens is 4. The fourth-order valence-corrected chi connectivity index (χ4v) is 4.13. The van der Waals surface area contributed by atoms with Gasteiger partial charge in [0, 0.05) is 5.92 Å². The summed E-state index contributed by atoms with van der Waals surface area (Å²) in [7, 11) is -2.51. The van der Waals surface area contributed by atoms with E-state index in [0.717, 1.165) is 24.3 Å². The number of hydrogen-bond donors (Lipinski definition) is 1. The minimum atomic E-state index is -4.85. The summed E-state index contributed by atoms with van der Waals surface area (Å²) in [5.41, 5.74) is -0.363. The van der Waals surface area contributed by atoms with Crippen molar-refractivity contribution in [2.75, 3.05) is 12.9 Å². The molecule has 2 unspecified atom stereocenters. The van der Waals surface area contributed by atoms with E-state index in [1.807, 2.05) is 5.32 Å². The van der Waals surface area contributed by atoms with Crippen molar-refractivity contribution in [3.63, 3.8) is 0 Å². The quantitative estimate of drug-likeness (QED) is 0.677. The summed E-state index contributed by atoms with van der Waals surface area (Å²) in [6, 6.07) is 6.54. The van der Waals surface area contributed by atoms with Crippen LogP contribution >= 0.6 is 0 Å². The van der Waals surface area contributed by atoms with Gasteiger partial charge in [-0.3, -0.25) is 4.79 Å². The number of carbonyl (C=O) groups is 1. The second-order valence-electron chi connectivity index (χ2n) is 6.39. The largest absolute Gasteiger partial charge is 0.497 e. The van der Waals surface area contributed by atoms with Gasteiger partial charge in [0.05, 0.1) is 17.8 Å². The number of amides is 1. The van der Waals surface area contributed by atoms with E-state index in [2.05, 4.69) is 0 Å². The minimum absolute atomic E-state index is 0.0798. The van der Waals surface area contributed by atoms with E-state index in [-0.39, 0.29) is 10.5 Å². The fourth-order valence-electron chi connectivity index (χ4n) is 2.58. The van der Waals surface area contributed by atoms with E-state index in [9.17, 15) is 30.8 Å². The summed E-state index contributed by atoms with van der Waals surface area (Å²) in [6.07, 6.45) is -4.85. The molecule has 0 aliphatic rings. The van der Waals surface area contributed by atoms with E-state index in [4.69, 9.17) is 4.74 Å². The molecule has 2 aromatic carbocycles. The normalized spacial score (nSPS) is 14.1. The van der Waals surface area contributed by atoms with Crippen molar-refractivity contribution in [3.05, 3.63) is 59.9 Å². The highest BCUT2D eigenvalue weighted by Gasteiger charge is 2.42. The molecule has 0 aliphatic carbocycles. The van der Waals surface area contributed by atoms with Crippen molar-refractivity contribution < 1.29 is 35.5 Å². The maximum absolute atomic E-state index is 13.4. The first-order valence-electron chi connectivity index (χ1n) is 8.43. The molecule has 0 fully saturated rings. The van der Waals surface area contributed by atoms with Crippen LogP contribution in [-0.4, -0.2) is 33.4 Å². The monoisotopic (exact) mass is 433 g/mol. The first kappa shape index (κ1) is 22.7. The van der Waals surface area contributed by atoms with E-state index >= 15 is 0 Å². The van der Waals surface area contributed by atoms with Crippen LogP contribution in [0.1, 0.15) is 18.5 Å². The van der Waals surface area contributed by atoms with Crippen LogP contribution in [0.15, 0.2) is 53.4 Å². The molecule has 1 amide bonds. The molecule has 0 bridgehead atoms. The smallest absolute Gasteiger partial charge is 0.412 e. The Balaban J connectivity index is 2.15. The molecule has 0 radical (unpaired) electrons. The van der Waals surface area contributed by atoms with Gasteiger partial charge in [0.15, 0.2) is 15.9 Å². The Morgan fingerprint density at radius 3 is 2.10 bits per heavy atom. The third-order valence-electron chi connectivity index (χ3n) is 4.15. The van der Waals surface area contributed by atoms with Crippen molar-refractivity contribution in [2.45, 2.75) is 24.0 Å².